The monoisotopic (exact) mass is 239 g/mol. The third-order valence-corrected chi connectivity index (χ3v) is 0.357. The van der Waals surface area contributed by atoms with Crippen LogP contribution in [0.3, 0.4) is 0 Å². The first-order valence-corrected chi connectivity index (χ1v) is 3.65. The van der Waals surface area contributed by atoms with E-state index in [-0.39, 0.29) is 18.5 Å². The Hall–Kier alpha value is -0.820. The molecule has 0 aliphatic rings. The summed E-state index contributed by atoms with van der Waals surface area (Å²) in [4.78, 5) is 9.45. The number of aliphatic carboxylic acids is 1. The Balaban J connectivity index is -0.0000000321. The maximum Gasteiger partial charge on any atom is 0.394 e. The summed E-state index contributed by atoms with van der Waals surface area (Å²) in [6, 6.07) is 0. The van der Waals surface area contributed by atoms with E-state index in [1.54, 1.807) is 0 Å². The van der Waals surface area contributed by atoms with E-state index in [9.17, 15) is 4.79 Å². The first-order chi connectivity index (χ1) is 4.64. The van der Waals surface area contributed by atoms with Gasteiger partial charge in [0.25, 0.3) is 0 Å². The molecule has 0 radical (unpaired) electrons. The number of aliphatic hydroxyl groups excluding tert-OH is 1. The largest absolute Gasteiger partial charge is 0.479 e. The van der Waals surface area contributed by atoms with Crippen molar-refractivity contribution in [1.82, 2.24) is 18.5 Å². The van der Waals surface area contributed by atoms with Gasteiger partial charge >= 0.3 is 16.4 Å². The lowest BCUT2D eigenvalue weighted by Crippen LogP contribution is -2.13. The van der Waals surface area contributed by atoms with Crippen LogP contribution in [0, 0.1) is 0 Å². The maximum absolute atomic E-state index is 9.45. The summed E-state index contributed by atoms with van der Waals surface area (Å²) in [7, 11) is -4.67. The molecule has 1 atom stereocenters. The summed E-state index contributed by atoms with van der Waals surface area (Å²) >= 11 is 0. The number of carboxylic acids is 1. The number of aliphatic hydroxyl groups is 1. The predicted octanol–water partition coefficient (Wildman–Crippen LogP) is -0.715. The second-order valence-electron chi connectivity index (χ2n) is 1.46. The van der Waals surface area contributed by atoms with Gasteiger partial charge in [0, 0.05) is 0 Å². The average molecular weight is 239 g/mol. The minimum absolute atomic E-state index is 0. The van der Waals surface area contributed by atoms with Crippen molar-refractivity contribution < 1.29 is 32.5 Å². The Morgan fingerprint density at radius 2 is 1.21 bits per heavy atom. The van der Waals surface area contributed by atoms with Gasteiger partial charge in [-0.2, -0.15) is 8.42 Å². The molecule has 92 valence electrons. The number of carbonyl (C=O) groups is 1. The van der Waals surface area contributed by atoms with Crippen molar-refractivity contribution in [3.63, 3.8) is 0 Å². The fourth-order valence-electron chi connectivity index (χ4n) is 0. The van der Waals surface area contributed by atoms with Gasteiger partial charge in [-0.15, -0.1) is 0 Å². The molecule has 0 spiro atoms. The third-order valence-electron chi connectivity index (χ3n) is 0.357. The molecule has 0 saturated carbocycles. The van der Waals surface area contributed by atoms with Gasteiger partial charge in [0.2, 0.25) is 0 Å². The van der Waals surface area contributed by atoms with Gasteiger partial charge in [-0.1, -0.05) is 0 Å². The molecule has 14 heavy (non-hydrogen) atoms. The standard InChI is InChI=1S/C3H6O3.3H3N.H2O4S/c1-2(4)3(5)6;;;;1-5(2,3)4/h2,4H,1H3,(H,5,6);3*1H3;(H2,1,2,3,4). The summed E-state index contributed by atoms with van der Waals surface area (Å²) in [5.41, 5.74) is 0. The van der Waals surface area contributed by atoms with E-state index in [2.05, 4.69) is 0 Å². The Bertz CT molecular complexity index is 204. The van der Waals surface area contributed by atoms with E-state index in [1.165, 1.54) is 6.92 Å². The molecule has 0 fully saturated rings. The van der Waals surface area contributed by atoms with Crippen LogP contribution in [0.15, 0.2) is 0 Å². The minimum Gasteiger partial charge on any atom is -0.479 e. The Morgan fingerprint density at radius 1 is 1.14 bits per heavy atom. The average Bonchev–Trinajstić information content (AvgIpc) is 1.59. The van der Waals surface area contributed by atoms with E-state index >= 15 is 0 Å². The van der Waals surface area contributed by atoms with E-state index < -0.39 is 22.5 Å². The third kappa shape index (κ3) is 115. The predicted molar refractivity (Wildman–Crippen MR) is 48.6 cm³/mol. The highest BCUT2D eigenvalue weighted by atomic mass is 32.3. The SMILES string of the molecule is CC(O)C(=O)O.N.N.N.O=S(=O)(O)O. The van der Waals surface area contributed by atoms with Crippen LogP contribution in [0.5, 0.6) is 0 Å². The molecule has 13 N–H and O–H groups in total. The van der Waals surface area contributed by atoms with Crippen LogP contribution < -0.4 is 18.5 Å². The minimum atomic E-state index is -4.67. The van der Waals surface area contributed by atoms with Gasteiger partial charge in [-0.3, -0.25) is 9.11 Å². The van der Waals surface area contributed by atoms with Crippen LogP contribution in [0.2, 0.25) is 0 Å². The lowest BCUT2D eigenvalue weighted by Gasteiger charge is -1.89. The van der Waals surface area contributed by atoms with Crippen molar-refractivity contribution in [3.05, 3.63) is 0 Å². The molecule has 1 unspecified atom stereocenters. The van der Waals surface area contributed by atoms with Gasteiger partial charge < -0.3 is 28.7 Å². The molecule has 0 bridgehead atoms. The van der Waals surface area contributed by atoms with Crippen molar-refractivity contribution in [2.45, 2.75) is 13.0 Å². The zero-order valence-corrected chi connectivity index (χ0v) is 8.44. The molecule has 0 aliphatic carbocycles. The van der Waals surface area contributed by atoms with Gasteiger partial charge in [0.15, 0.2) is 0 Å². The number of hydrogen-bond donors (Lipinski definition) is 7. The van der Waals surface area contributed by atoms with Gasteiger partial charge in [0.1, 0.15) is 6.10 Å². The summed E-state index contributed by atoms with van der Waals surface area (Å²) in [6.07, 6.45) is -1.23. The second kappa shape index (κ2) is 12.2. The Morgan fingerprint density at radius 3 is 1.21 bits per heavy atom. The van der Waals surface area contributed by atoms with E-state index in [0.29, 0.717) is 0 Å². The van der Waals surface area contributed by atoms with Gasteiger partial charge in [-0.25, -0.2) is 4.79 Å². The van der Waals surface area contributed by atoms with E-state index in [0.717, 1.165) is 0 Å². The number of rotatable bonds is 1. The summed E-state index contributed by atoms with van der Waals surface area (Å²) in [6.45, 7) is 1.20. The normalized spacial score (nSPS) is 10.0. The zero-order valence-electron chi connectivity index (χ0n) is 7.62. The smallest absolute Gasteiger partial charge is 0.394 e. The molecule has 0 rings (SSSR count). The molecule has 0 aromatic rings. The van der Waals surface area contributed by atoms with Crippen LogP contribution in [-0.4, -0.2) is 39.8 Å². The molecule has 11 heteroatoms. The summed E-state index contributed by atoms with van der Waals surface area (Å²) in [5.74, 6) is -1.19. The summed E-state index contributed by atoms with van der Waals surface area (Å²) < 4.78 is 31.6. The highest BCUT2D eigenvalue weighted by Crippen LogP contribution is 1.73. The van der Waals surface area contributed by atoms with Crippen LogP contribution in [0.25, 0.3) is 0 Å². The van der Waals surface area contributed by atoms with Crippen LogP contribution >= 0.6 is 0 Å². The molecule has 0 aliphatic heterocycles. The fraction of sp³-hybridized carbons (Fsp3) is 0.667. The maximum atomic E-state index is 9.45. The molecular formula is C3H17N3O7S. The van der Waals surface area contributed by atoms with Gasteiger partial charge in [-0.05, 0) is 6.92 Å². The van der Waals surface area contributed by atoms with Crippen LogP contribution in [-0.2, 0) is 15.2 Å². The first-order valence-electron chi connectivity index (χ1n) is 2.25. The molecule has 0 saturated heterocycles. The lowest BCUT2D eigenvalue weighted by molar-refractivity contribution is -0.145. The molecule has 0 heterocycles. The van der Waals surface area contributed by atoms with Crippen molar-refractivity contribution in [2.75, 3.05) is 0 Å². The fourth-order valence-corrected chi connectivity index (χ4v) is 0. The molecular weight excluding hydrogens is 222 g/mol. The second-order valence-corrected chi connectivity index (χ2v) is 2.36. The quantitative estimate of drug-likeness (QED) is 0.283. The van der Waals surface area contributed by atoms with Crippen molar-refractivity contribution in [3.8, 4) is 0 Å². The van der Waals surface area contributed by atoms with Crippen LogP contribution in [0.1, 0.15) is 6.92 Å². The topological polar surface area (TPSA) is 237 Å². The molecule has 0 aromatic heterocycles. The van der Waals surface area contributed by atoms with Crippen molar-refractivity contribution in [2.24, 2.45) is 0 Å². The van der Waals surface area contributed by atoms with E-state index in [4.69, 9.17) is 27.7 Å². The Labute approximate surface area is 81.3 Å². The summed E-state index contributed by atoms with van der Waals surface area (Å²) in [5, 5.41) is 15.8. The van der Waals surface area contributed by atoms with Gasteiger partial charge in [0.05, 0.1) is 0 Å². The van der Waals surface area contributed by atoms with Crippen molar-refractivity contribution in [1.29, 1.82) is 0 Å². The van der Waals surface area contributed by atoms with Crippen LogP contribution in [0.4, 0.5) is 0 Å². The zero-order chi connectivity index (χ0) is 9.65. The Kier molecular flexibility index (Phi) is 25.4. The highest BCUT2D eigenvalue weighted by Gasteiger charge is 2.01. The lowest BCUT2D eigenvalue weighted by atomic mass is 10.4. The molecule has 0 amide bonds. The van der Waals surface area contributed by atoms with Crippen molar-refractivity contribution >= 4 is 16.4 Å². The number of carboxylic acid groups (broad SMARTS) is 1. The van der Waals surface area contributed by atoms with E-state index in [1.807, 2.05) is 0 Å². The first kappa shape index (κ1) is 29.2. The highest BCUT2D eigenvalue weighted by molar-refractivity contribution is 7.79. The molecule has 10 nitrogen and oxygen atoms in total. The molecule has 0 aromatic carbocycles. The number of hydrogen-bond acceptors (Lipinski definition) is 7.